The predicted octanol–water partition coefficient (Wildman–Crippen LogP) is 2.07. The summed E-state index contributed by atoms with van der Waals surface area (Å²) in [7, 11) is 0. The first-order valence-electron chi connectivity index (χ1n) is 7.89. The van der Waals surface area contributed by atoms with Gasteiger partial charge in [-0.3, -0.25) is 0 Å². The molecule has 0 radical (unpaired) electrons. The molecule has 114 valence electrons. The summed E-state index contributed by atoms with van der Waals surface area (Å²) in [6, 6.07) is 0. The zero-order valence-corrected chi connectivity index (χ0v) is 13.6. The lowest BCUT2D eigenvalue weighted by Gasteiger charge is -2.36. The van der Waals surface area contributed by atoms with E-state index in [2.05, 4.69) is 29.0 Å². The molecule has 2 fully saturated rings. The van der Waals surface area contributed by atoms with Crippen LogP contribution in [0.3, 0.4) is 0 Å². The van der Waals surface area contributed by atoms with Crippen LogP contribution in [0.15, 0.2) is 0 Å². The molecule has 0 aromatic heterocycles. The Bertz CT molecular complexity index is 221. The van der Waals surface area contributed by atoms with Gasteiger partial charge in [0, 0.05) is 32.7 Å². The van der Waals surface area contributed by atoms with Crippen LogP contribution < -0.4 is 5.32 Å². The number of hydrogen-bond acceptors (Lipinski definition) is 3. The maximum Gasteiger partial charge on any atom is 0.0110 e. The number of halogens is 1. The summed E-state index contributed by atoms with van der Waals surface area (Å²) in [5.74, 6) is 1.75. The third kappa shape index (κ3) is 6.44. The van der Waals surface area contributed by atoms with Gasteiger partial charge >= 0.3 is 0 Å². The highest BCUT2D eigenvalue weighted by atomic mass is 35.5. The van der Waals surface area contributed by atoms with Gasteiger partial charge in [0.2, 0.25) is 0 Å². The minimum absolute atomic E-state index is 0. The van der Waals surface area contributed by atoms with E-state index in [0.717, 1.165) is 11.8 Å². The molecule has 2 aliphatic heterocycles. The Labute approximate surface area is 125 Å². The predicted molar refractivity (Wildman–Crippen MR) is 85.2 cm³/mol. The van der Waals surface area contributed by atoms with Gasteiger partial charge in [-0.2, -0.15) is 0 Å². The van der Waals surface area contributed by atoms with Gasteiger partial charge in [-0.25, -0.2) is 0 Å². The summed E-state index contributed by atoms with van der Waals surface area (Å²) in [6.45, 7) is 14.9. The molecule has 2 heterocycles. The van der Waals surface area contributed by atoms with Crippen molar-refractivity contribution in [3.63, 3.8) is 0 Å². The Morgan fingerprint density at radius 3 is 2.37 bits per heavy atom. The number of nitrogens with zero attached hydrogens (tertiary/aromatic N) is 2. The van der Waals surface area contributed by atoms with Crippen molar-refractivity contribution < 1.29 is 0 Å². The van der Waals surface area contributed by atoms with Gasteiger partial charge in [0.15, 0.2) is 0 Å². The fourth-order valence-electron chi connectivity index (χ4n) is 3.25. The van der Waals surface area contributed by atoms with Crippen LogP contribution in [0.4, 0.5) is 0 Å². The van der Waals surface area contributed by atoms with Crippen molar-refractivity contribution in [2.45, 2.75) is 33.1 Å². The highest BCUT2D eigenvalue weighted by molar-refractivity contribution is 5.85. The second-order valence-corrected chi connectivity index (χ2v) is 6.54. The van der Waals surface area contributed by atoms with E-state index in [9.17, 15) is 0 Å². The van der Waals surface area contributed by atoms with E-state index in [0.29, 0.717) is 0 Å². The van der Waals surface area contributed by atoms with Gasteiger partial charge in [-0.05, 0) is 50.7 Å². The third-order valence-corrected chi connectivity index (χ3v) is 4.34. The molecule has 0 spiro atoms. The quantitative estimate of drug-likeness (QED) is 0.836. The molecule has 0 bridgehead atoms. The summed E-state index contributed by atoms with van der Waals surface area (Å²) < 4.78 is 0. The van der Waals surface area contributed by atoms with Gasteiger partial charge in [0.05, 0.1) is 0 Å². The number of piperidine rings is 1. The first kappa shape index (κ1) is 17.2. The standard InChI is InChI=1S/C15H31N3.ClH/c1-14(2)13-18-10-8-17(9-11-18)7-5-15-4-3-6-16-12-15;/h14-16H,3-13H2,1-2H3;1H. The second kappa shape index (κ2) is 9.17. The van der Waals surface area contributed by atoms with Crippen LogP contribution in [0.25, 0.3) is 0 Å². The second-order valence-electron chi connectivity index (χ2n) is 6.54. The minimum Gasteiger partial charge on any atom is -0.316 e. The van der Waals surface area contributed by atoms with E-state index in [-0.39, 0.29) is 12.4 Å². The fourth-order valence-corrected chi connectivity index (χ4v) is 3.25. The van der Waals surface area contributed by atoms with Gasteiger partial charge < -0.3 is 15.1 Å². The average Bonchev–Trinajstić information content (AvgIpc) is 2.38. The Morgan fingerprint density at radius 2 is 1.79 bits per heavy atom. The van der Waals surface area contributed by atoms with Crippen LogP contribution >= 0.6 is 12.4 Å². The van der Waals surface area contributed by atoms with E-state index >= 15 is 0 Å². The Morgan fingerprint density at radius 1 is 1.11 bits per heavy atom. The van der Waals surface area contributed by atoms with Gasteiger partial charge in [-0.15, -0.1) is 12.4 Å². The third-order valence-electron chi connectivity index (χ3n) is 4.34. The van der Waals surface area contributed by atoms with Crippen LogP contribution in [0.1, 0.15) is 33.1 Å². The molecule has 1 atom stereocenters. The zero-order valence-electron chi connectivity index (χ0n) is 12.7. The number of nitrogens with one attached hydrogen (secondary N) is 1. The highest BCUT2D eigenvalue weighted by Crippen LogP contribution is 2.15. The Balaban J connectivity index is 0.00000180. The van der Waals surface area contributed by atoms with Crippen LogP contribution in [0.2, 0.25) is 0 Å². The lowest BCUT2D eigenvalue weighted by Crippen LogP contribution is -2.48. The molecule has 1 unspecified atom stereocenters. The van der Waals surface area contributed by atoms with Crippen molar-refractivity contribution in [3.05, 3.63) is 0 Å². The molecule has 2 aliphatic rings. The topological polar surface area (TPSA) is 18.5 Å². The molecule has 0 aromatic carbocycles. The number of piperazine rings is 1. The van der Waals surface area contributed by atoms with E-state index in [4.69, 9.17) is 0 Å². The molecule has 2 saturated heterocycles. The summed E-state index contributed by atoms with van der Waals surface area (Å²) >= 11 is 0. The highest BCUT2D eigenvalue weighted by Gasteiger charge is 2.19. The van der Waals surface area contributed by atoms with E-state index in [1.807, 2.05) is 0 Å². The molecular weight excluding hydrogens is 258 g/mol. The van der Waals surface area contributed by atoms with Crippen molar-refractivity contribution in [1.82, 2.24) is 15.1 Å². The number of hydrogen-bond donors (Lipinski definition) is 1. The van der Waals surface area contributed by atoms with Gasteiger partial charge in [0.25, 0.3) is 0 Å². The van der Waals surface area contributed by atoms with Gasteiger partial charge in [0.1, 0.15) is 0 Å². The number of rotatable bonds is 5. The first-order chi connectivity index (χ1) is 8.74. The molecular formula is C15H32ClN3. The van der Waals surface area contributed by atoms with Crippen molar-refractivity contribution in [1.29, 1.82) is 0 Å². The molecule has 3 nitrogen and oxygen atoms in total. The average molecular weight is 290 g/mol. The largest absolute Gasteiger partial charge is 0.316 e. The zero-order chi connectivity index (χ0) is 12.8. The van der Waals surface area contributed by atoms with Crippen molar-refractivity contribution in [3.8, 4) is 0 Å². The maximum absolute atomic E-state index is 3.52. The van der Waals surface area contributed by atoms with E-state index in [1.54, 1.807) is 0 Å². The summed E-state index contributed by atoms with van der Waals surface area (Å²) in [6.07, 6.45) is 4.23. The van der Waals surface area contributed by atoms with Crippen LogP contribution in [-0.2, 0) is 0 Å². The summed E-state index contributed by atoms with van der Waals surface area (Å²) in [5.41, 5.74) is 0. The smallest absolute Gasteiger partial charge is 0.0110 e. The first-order valence-corrected chi connectivity index (χ1v) is 7.89. The van der Waals surface area contributed by atoms with Gasteiger partial charge in [-0.1, -0.05) is 13.8 Å². The molecule has 0 aromatic rings. The van der Waals surface area contributed by atoms with Crippen LogP contribution in [0.5, 0.6) is 0 Å². The lowest BCUT2D eigenvalue weighted by molar-refractivity contribution is 0.115. The van der Waals surface area contributed by atoms with Crippen molar-refractivity contribution in [2.24, 2.45) is 11.8 Å². The normalized spacial score (nSPS) is 26.4. The Hall–Kier alpha value is 0.170. The summed E-state index contributed by atoms with van der Waals surface area (Å²) in [5, 5.41) is 3.52. The molecule has 0 aliphatic carbocycles. The molecule has 4 heteroatoms. The molecule has 0 amide bonds. The van der Waals surface area contributed by atoms with E-state index < -0.39 is 0 Å². The SMILES string of the molecule is CC(C)CN1CCN(CCC2CCCNC2)CC1.Cl. The minimum atomic E-state index is 0. The van der Waals surface area contributed by atoms with E-state index in [1.165, 1.54) is 71.6 Å². The summed E-state index contributed by atoms with van der Waals surface area (Å²) in [4.78, 5) is 5.30. The molecule has 0 saturated carbocycles. The lowest BCUT2D eigenvalue weighted by atomic mass is 9.96. The van der Waals surface area contributed by atoms with Crippen LogP contribution in [-0.4, -0.2) is 62.2 Å². The monoisotopic (exact) mass is 289 g/mol. The Kier molecular flexibility index (Phi) is 8.31. The maximum atomic E-state index is 3.52. The van der Waals surface area contributed by atoms with Crippen molar-refractivity contribution in [2.75, 3.05) is 52.4 Å². The molecule has 19 heavy (non-hydrogen) atoms. The molecule has 2 rings (SSSR count). The fraction of sp³-hybridized carbons (Fsp3) is 1.00. The van der Waals surface area contributed by atoms with Crippen molar-refractivity contribution >= 4 is 12.4 Å². The molecule has 1 N–H and O–H groups in total. The van der Waals surface area contributed by atoms with Crippen LogP contribution in [0, 0.1) is 11.8 Å².